The number of aryl methyl sites for hydroxylation is 2. The summed E-state index contributed by atoms with van der Waals surface area (Å²) in [6, 6.07) is 0.462. The van der Waals surface area contributed by atoms with Gasteiger partial charge in [0.25, 0.3) is 0 Å². The van der Waals surface area contributed by atoms with Gasteiger partial charge in [0.1, 0.15) is 0 Å². The van der Waals surface area contributed by atoms with E-state index in [1.807, 2.05) is 11.7 Å². The summed E-state index contributed by atoms with van der Waals surface area (Å²) in [5.41, 5.74) is 2.52. The third kappa shape index (κ3) is 6.08. The molecule has 3 heteroatoms. The van der Waals surface area contributed by atoms with Crippen LogP contribution in [0.2, 0.25) is 0 Å². The van der Waals surface area contributed by atoms with Crippen LogP contribution in [0.15, 0.2) is 6.20 Å². The minimum atomic E-state index is 0.462. The fourth-order valence-corrected chi connectivity index (χ4v) is 2.90. The van der Waals surface area contributed by atoms with Crippen molar-refractivity contribution < 1.29 is 0 Å². The van der Waals surface area contributed by atoms with Crippen molar-refractivity contribution in [2.75, 3.05) is 7.05 Å². The van der Waals surface area contributed by atoms with E-state index in [9.17, 15) is 0 Å². The van der Waals surface area contributed by atoms with Crippen molar-refractivity contribution in [1.29, 1.82) is 0 Å². The molecule has 0 bridgehead atoms. The molecule has 0 aliphatic heterocycles. The molecule has 0 aliphatic carbocycles. The molecule has 3 nitrogen and oxygen atoms in total. The lowest BCUT2D eigenvalue weighted by Gasteiger charge is -2.15. The molecule has 0 aliphatic rings. The molecular weight excluding hydrogens is 246 g/mol. The first-order valence-corrected chi connectivity index (χ1v) is 8.36. The van der Waals surface area contributed by atoms with Gasteiger partial charge in [0.15, 0.2) is 0 Å². The van der Waals surface area contributed by atoms with Crippen molar-refractivity contribution in [3.8, 4) is 0 Å². The maximum atomic E-state index is 4.44. The molecule has 0 spiro atoms. The first-order valence-electron chi connectivity index (χ1n) is 8.36. The van der Waals surface area contributed by atoms with Gasteiger partial charge in [-0.3, -0.25) is 4.68 Å². The Morgan fingerprint density at radius 3 is 2.20 bits per heavy atom. The average Bonchev–Trinajstić information content (AvgIpc) is 2.76. The van der Waals surface area contributed by atoms with E-state index in [1.54, 1.807) is 0 Å². The Morgan fingerprint density at radius 1 is 1.10 bits per heavy atom. The molecule has 1 N–H and O–H groups in total. The topological polar surface area (TPSA) is 29.9 Å². The van der Waals surface area contributed by atoms with E-state index in [2.05, 4.69) is 37.5 Å². The molecule has 1 rings (SSSR count). The van der Waals surface area contributed by atoms with Crippen LogP contribution in [0.5, 0.6) is 0 Å². The van der Waals surface area contributed by atoms with Crippen molar-refractivity contribution in [3.63, 3.8) is 0 Å². The highest BCUT2D eigenvalue weighted by atomic mass is 15.3. The van der Waals surface area contributed by atoms with Gasteiger partial charge in [-0.1, -0.05) is 58.3 Å². The largest absolute Gasteiger partial charge is 0.313 e. The second-order valence-electron chi connectivity index (χ2n) is 5.95. The first-order chi connectivity index (χ1) is 9.69. The fourth-order valence-electron chi connectivity index (χ4n) is 2.90. The summed E-state index contributed by atoms with van der Waals surface area (Å²) in [4.78, 5) is 0. The molecule has 1 heterocycles. The predicted octanol–water partition coefficient (Wildman–Crippen LogP) is 4.52. The highest BCUT2D eigenvalue weighted by molar-refractivity contribution is 5.19. The lowest BCUT2D eigenvalue weighted by atomic mass is 10.00. The van der Waals surface area contributed by atoms with E-state index in [4.69, 9.17) is 0 Å². The Kier molecular flexibility index (Phi) is 8.59. The third-order valence-electron chi connectivity index (χ3n) is 4.12. The van der Waals surface area contributed by atoms with Crippen LogP contribution in [0.3, 0.4) is 0 Å². The lowest BCUT2D eigenvalue weighted by molar-refractivity contribution is 0.493. The van der Waals surface area contributed by atoms with Crippen LogP contribution in [0.1, 0.15) is 82.0 Å². The Balaban J connectivity index is 2.17. The highest BCUT2D eigenvalue weighted by Gasteiger charge is 2.13. The second kappa shape index (κ2) is 9.98. The number of nitrogens with zero attached hydrogens (tertiary/aromatic N) is 2. The summed E-state index contributed by atoms with van der Waals surface area (Å²) >= 11 is 0. The number of unbranched alkanes of at least 4 members (excludes halogenated alkanes) is 7. The van der Waals surface area contributed by atoms with Gasteiger partial charge < -0.3 is 5.32 Å². The van der Waals surface area contributed by atoms with Gasteiger partial charge in [-0.25, -0.2) is 0 Å². The molecule has 116 valence electrons. The van der Waals surface area contributed by atoms with E-state index in [-0.39, 0.29) is 0 Å². The van der Waals surface area contributed by atoms with E-state index < -0.39 is 0 Å². The van der Waals surface area contributed by atoms with Crippen molar-refractivity contribution in [1.82, 2.24) is 15.1 Å². The molecule has 0 saturated carbocycles. The van der Waals surface area contributed by atoms with E-state index in [1.165, 1.54) is 63.4 Å². The van der Waals surface area contributed by atoms with Crippen molar-refractivity contribution >= 4 is 0 Å². The Labute approximate surface area is 125 Å². The zero-order chi connectivity index (χ0) is 14.8. The summed E-state index contributed by atoms with van der Waals surface area (Å²) in [7, 11) is 4.06. The summed E-state index contributed by atoms with van der Waals surface area (Å²) < 4.78 is 1.92. The molecule has 1 atom stereocenters. The maximum Gasteiger partial charge on any atom is 0.0641 e. The third-order valence-corrected chi connectivity index (χ3v) is 4.12. The molecule has 20 heavy (non-hydrogen) atoms. The van der Waals surface area contributed by atoms with Crippen LogP contribution < -0.4 is 5.32 Å². The van der Waals surface area contributed by atoms with Gasteiger partial charge in [-0.05, 0) is 20.4 Å². The SMILES string of the molecule is CCCCCCCCCCC(NC)c1cn(C)nc1C. The molecule has 1 aromatic heterocycles. The molecule has 1 unspecified atom stereocenters. The van der Waals surface area contributed by atoms with Gasteiger partial charge in [-0.15, -0.1) is 0 Å². The van der Waals surface area contributed by atoms with Crippen molar-refractivity contribution in [2.24, 2.45) is 7.05 Å². The summed E-state index contributed by atoms with van der Waals surface area (Å²) in [5.74, 6) is 0. The van der Waals surface area contributed by atoms with Gasteiger partial charge in [0, 0.05) is 24.8 Å². The van der Waals surface area contributed by atoms with Crippen LogP contribution in [0.25, 0.3) is 0 Å². The minimum Gasteiger partial charge on any atom is -0.313 e. The molecular formula is C17H33N3. The molecule has 0 radical (unpaired) electrons. The summed E-state index contributed by atoms with van der Waals surface area (Å²) in [5, 5.41) is 7.88. The normalized spacial score (nSPS) is 12.8. The molecule has 1 aromatic rings. The molecule has 0 amide bonds. The zero-order valence-electron chi connectivity index (χ0n) is 13.9. The second-order valence-corrected chi connectivity index (χ2v) is 5.95. The number of aromatic nitrogens is 2. The first kappa shape index (κ1) is 17.2. The van der Waals surface area contributed by atoms with Gasteiger partial charge in [-0.2, -0.15) is 5.10 Å². The Morgan fingerprint density at radius 2 is 1.70 bits per heavy atom. The van der Waals surface area contributed by atoms with E-state index >= 15 is 0 Å². The minimum absolute atomic E-state index is 0.462. The van der Waals surface area contributed by atoms with E-state index in [0.717, 1.165) is 5.69 Å². The number of nitrogens with one attached hydrogen (secondary N) is 1. The standard InChI is InChI=1S/C17H33N3/c1-5-6-7-8-9-10-11-12-13-17(18-3)16-14-20(4)19-15(16)2/h14,17-18H,5-13H2,1-4H3. The Bertz CT molecular complexity index is 357. The quantitative estimate of drug-likeness (QED) is 0.604. The maximum absolute atomic E-state index is 4.44. The highest BCUT2D eigenvalue weighted by Crippen LogP contribution is 2.22. The van der Waals surface area contributed by atoms with Gasteiger partial charge >= 0.3 is 0 Å². The molecule has 0 saturated heterocycles. The van der Waals surface area contributed by atoms with Crippen LogP contribution in [0.4, 0.5) is 0 Å². The Hall–Kier alpha value is -0.830. The number of rotatable bonds is 11. The molecule has 0 fully saturated rings. The monoisotopic (exact) mass is 279 g/mol. The number of hydrogen-bond donors (Lipinski definition) is 1. The summed E-state index contributed by atoms with van der Waals surface area (Å²) in [6.07, 6.45) is 14.4. The van der Waals surface area contributed by atoms with Crippen LogP contribution in [-0.4, -0.2) is 16.8 Å². The van der Waals surface area contributed by atoms with Crippen LogP contribution in [0, 0.1) is 6.92 Å². The van der Waals surface area contributed by atoms with E-state index in [0.29, 0.717) is 6.04 Å². The van der Waals surface area contributed by atoms with Gasteiger partial charge in [0.2, 0.25) is 0 Å². The number of hydrogen-bond acceptors (Lipinski definition) is 2. The van der Waals surface area contributed by atoms with Crippen LogP contribution >= 0.6 is 0 Å². The summed E-state index contributed by atoms with van der Waals surface area (Å²) in [6.45, 7) is 4.38. The fraction of sp³-hybridized carbons (Fsp3) is 0.824. The van der Waals surface area contributed by atoms with Crippen molar-refractivity contribution in [3.05, 3.63) is 17.5 Å². The van der Waals surface area contributed by atoms with Crippen LogP contribution in [-0.2, 0) is 7.05 Å². The zero-order valence-corrected chi connectivity index (χ0v) is 13.9. The molecule has 0 aromatic carbocycles. The van der Waals surface area contributed by atoms with Crippen molar-refractivity contribution in [2.45, 2.75) is 77.7 Å². The smallest absolute Gasteiger partial charge is 0.0641 e. The lowest BCUT2D eigenvalue weighted by Crippen LogP contribution is -2.16. The van der Waals surface area contributed by atoms with Gasteiger partial charge in [0.05, 0.1) is 5.69 Å². The average molecular weight is 279 g/mol. The predicted molar refractivity (Wildman–Crippen MR) is 87.0 cm³/mol.